The largest absolute Gasteiger partial charge is 0.338 e. The van der Waals surface area contributed by atoms with Crippen LogP contribution in [0.25, 0.3) is 0 Å². The Hall–Kier alpha value is -3.45. The van der Waals surface area contributed by atoms with Gasteiger partial charge in [0, 0.05) is 36.4 Å². The van der Waals surface area contributed by atoms with Crippen molar-refractivity contribution >= 4 is 40.4 Å². The number of anilines is 2. The van der Waals surface area contributed by atoms with Crippen LogP contribution in [0.1, 0.15) is 33.6 Å². The van der Waals surface area contributed by atoms with E-state index in [1.165, 1.54) is 10.4 Å². The van der Waals surface area contributed by atoms with Gasteiger partial charge in [-0.2, -0.15) is 0 Å². The van der Waals surface area contributed by atoms with Crippen molar-refractivity contribution in [1.82, 2.24) is 4.90 Å². The van der Waals surface area contributed by atoms with E-state index in [-0.39, 0.29) is 30.6 Å². The molecule has 6 nitrogen and oxygen atoms in total. The molecule has 0 fully saturated rings. The number of fused-ring (bicyclic) bond motifs is 1. The van der Waals surface area contributed by atoms with E-state index in [4.69, 9.17) is 0 Å². The highest BCUT2D eigenvalue weighted by Crippen LogP contribution is 2.25. The number of amides is 3. The average Bonchev–Trinajstić information content (AvgIpc) is 3.27. The maximum atomic E-state index is 12.5. The Labute approximate surface area is 184 Å². The lowest BCUT2D eigenvalue weighted by Crippen LogP contribution is -2.35. The monoisotopic (exact) mass is 433 g/mol. The molecule has 0 spiro atoms. The predicted octanol–water partition coefficient (Wildman–Crippen LogP) is 4.30. The number of thiophene rings is 1. The summed E-state index contributed by atoms with van der Waals surface area (Å²) in [6.07, 6.45) is 1.12. The van der Waals surface area contributed by atoms with E-state index in [1.807, 2.05) is 11.0 Å². The number of rotatable bonds is 6. The molecule has 3 amide bonds. The van der Waals surface area contributed by atoms with Gasteiger partial charge in [-0.3, -0.25) is 14.4 Å². The Morgan fingerprint density at radius 1 is 0.871 bits per heavy atom. The molecule has 0 atom stereocenters. The van der Waals surface area contributed by atoms with Crippen LogP contribution in [0.2, 0.25) is 0 Å². The van der Waals surface area contributed by atoms with E-state index in [9.17, 15) is 14.4 Å². The fraction of sp³-hybridized carbons (Fsp3) is 0.208. The first kappa shape index (κ1) is 20.8. The molecule has 1 aliphatic rings. The van der Waals surface area contributed by atoms with Crippen LogP contribution in [-0.4, -0.2) is 29.2 Å². The molecule has 2 heterocycles. The van der Waals surface area contributed by atoms with Gasteiger partial charge in [0.25, 0.3) is 5.91 Å². The van der Waals surface area contributed by atoms with Crippen LogP contribution >= 0.6 is 11.3 Å². The Balaban J connectivity index is 1.32. The zero-order valence-electron chi connectivity index (χ0n) is 17.0. The molecule has 3 aromatic rings. The number of carbonyl (C=O) groups is 3. The second kappa shape index (κ2) is 9.57. The number of hydrogen-bond acceptors (Lipinski definition) is 4. The van der Waals surface area contributed by atoms with Crippen LogP contribution in [0.3, 0.4) is 0 Å². The second-order valence-corrected chi connectivity index (χ2v) is 8.35. The van der Waals surface area contributed by atoms with Crippen LogP contribution < -0.4 is 10.6 Å². The molecule has 31 heavy (non-hydrogen) atoms. The van der Waals surface area contributed by atoms with E-state index < -0.39 is 0 Å². The zero-order valence-corrected chi connectivity index (χ0v) is 17.8. The van der Waals surface area contributed by atoms with Crippen molar-refractivity contribution in [3.63, 3.8) is 0 Å². The molecule has 1 aromatic heterocycles. The molecule has 0 saturated carbocycles. The molecule has 158 valence electrons. The maximum Gasteiger partial charge on any atom is 0.255 e. The standard InChI is InChI=1S/C24H23N3O3S/c28-22(10-11-23(29)27-14-12-21-18(16-27)13-15-31-21)25-19-8-4-5-9-20(19)26-24(30)17-6-2-1-3-7-17/h1-9,13,15H,10-12,14,16H2,(H,25,28)(H,26,30). The number of carbonyl (C=O) groups excluding carboxylic acids is 3. The fourth-order valence-electron chi connectivity index (χ4n) is 3.54. The van der Waals surface area contributed by atoms with Gasteiger partial charge in [0.15, 0.2) is 0 Å². The zero-order chi connectivity index (χ0) is 21.6. The molecule has 0 aliphatic carbocycles. The molecule has 0 saturated heterocycles. The molecule has 0 unspecified atom stereocenters. The van der Waals surface area contributed by atoms with Crippen molar-refractivity contribution in [2.75, 3.05) is 17.2 Å². The van der Waals surface area contributed by atoms with Crippen LogP contribution in [-0.2, 0) is 22.6 Å². The lowest BCUT2D eigenvalue weighted by molar-refractivity contribution is -0.133. The highest BCUT2D eigenvalue weighted by molar-refractivity contribution is 7.10. The summed E-state index contributed by atoms with van der Waals surface area (Å²) in [5.41, 5.74) is 2.75. The topological polar surface area (TPSA) is 78.5 Å². The summed E-state index contributed by atoms with van der Waals surface area (Å²) in [4.78, 5) is 40.6. The van der Waals surface area contributed by atoms with Crippen LogP contribution in [0.4, 0.5) is 11.4 Å². The summed E-state index contributed by atoms with van der Waals surface area (Å²) in [6.45, 7) is 1.32. The summed E-state index contributed by atoms with van der Waals surface area (Å²) in [5, 5.41) is 7.70. The van der Waals surface area contributed by atoms with Gasteiger partial charge < -0.3 is 15.5 Å². The van der Waals surface area contributed by atoms with Crippen molar-refractivity contribution in [3.8, 4) is 0 Å². The molecule has 0 bridgehead atoms. The summed E-state index contributed by atoms with van der Waals surface area (Å²) in [6, 6.07) is 18.0. The molecule has 0 radical (unpaired) electrons. The Morgan fingerprint density at radius 2 is 1.58 bits per heavy atom. The minimum Gasteiger partial charge on any atom is -0.338 e. The molecular weight excluding hydrogens is 410 g/mol. The number of benzene rings is 2. The van der Waals surface area contributed by atoms with Crippen molar-refractivity contribution in [2.24, 2.45) is 0 Å². The van der Waals surface area contributed by atoms with Gasteiger partial charge in [0.1, 0.15) is 0 Å². The van der Waals surface area contributed by atoms with Gasteiger partial charge in [-0.15, -0.1) is 11.3 Å². The van der Waals surface area contributed by atoms with Crippen LogP contribution in [0, 0.1) is 0 Å². The lowest BCUT2D eigenvalue weighted by Gasteiger charge is -2.27. The first-order valence-electron chi connectivity index (χ1n) is 10.2. The van der Waals surface area contributed by atoms with Crippen LogP contribution in [0.15, 0.2) is 66.0 Å². The van der Waals surface area contributed by atoms with Crippen LogP contribution in [0.5, 0.6) is 0 Å². The van der Waals surface area contributed by atoms with Gasteiger partial charge in [-0.05, 0) is 47.7 Å². The third-order valence-corrected chi connectivity index (χ3v) is 6.23. The summed E-state index contributed by atoms with van der Waals surface area (Å²) >= 11 is 1.73. The highest BCUT2D eigenvalue weighted by atomic mass is 32.1. The first-order chi connectivity index (χ1) is 15.1. The summed E-state index contributed by atoms with van der Waals surface area (Å²) in [7, 11) is 0. The Bertz CT molecular complexity index is 1090. The highest BCUT2D eigenvalue weighted by Gasteiger charge is 2.22. The fourth-order valence-corrected chi connectivity index (χ4v) is 4.43. The Morgan fingerprint density at radius 3 is 2.35 bits per heavy atom. The van der Waals surface area contributed by atoms with Crippen molar-refractivity contribution in [3.05, 3.63) is 82.0 Å². The molecule has 1 aliphatic heterocycles. The first-order valence-corrected chi connectivity index (χ1v) is 11.1. The Kier molecular flexibility index (Phi) is 6.43. The minimum atomic E-state index is -0.261. The molecule has 2 aromatic carbocycles. The van der Waals surface area contributed by atoms with E-state index >= 15 is 0 Å². The summed E-state index contributed by atoms with van der Waals surface area (Å²) < 4.78 is 0. The average molecular weight is 434 g/mol. The molecule has 2 N–H and O–H groups in total. The normalized spacial score (nSPS) is 12.7. The SMILES string of the molecule is O=C(CCC(=O)N1CCc2sccc2C1)Nc1ccccc1NC(=O)c1ccccc1. The van der Waals surface area contributed by atoms with E-state index in [1.54, 1.807) is 59.9 Å². The summed E-state index contributed by atoms with van der Waals surface area (Å²) in [5.74, 6) is -0.531. The van der Waals surface area contributed by atoms with Crippen molar-refractivity contribution in [1.29, 1.82) is 0 Å². The van der Waals surface area contributed by atoms with Gasteiger partial charge >= 0.3 is 0 Å². The van der Waals surface area contributed by atoms with Crippen molar-refractivity contribution in [2.45, 2.75) is 25.8 Å². The van der Waals surface area contributed by atoms with E-state index in [0.29, 0.717) is 30.0 Å². The van der Waals surface area contributed by atoms with Gasteiger partial charge in [0.2, 0.25) is 11.8 Å². The van der Waals surface area contributed by atoms with Gasteiger partial charge in [0.05, 0.1) is 11.4 Å². The minimum absolute atomic E-state index is 0.0161. The maximum absolute atomic E-state index is 12.5. The number of hydrogen-bond donors (Lipinski definition) is 2. The van der Waals surface area contributed by atoms with Gasteiger partial charge in [-0.1, -0.05) is 30.3 Å². The quantitative estimate of drug-likeness (QED) is 0.608. The third kappa shape index (κ3) is 5.19. The number of para-hydroxylation sites is 2. The lowest BCUT2D eigenvalue weighted by atomic mass is 10.1. The van der Waals surface area contributed by atoms with Gasteiger partial charge in [-0.25, -0.2) is 0 Å². The number of nitrogens with one attached hydrogen (secondary N) is 2. The molecule has 7 heteroatoms. The molecule has 4 rings (SSSR count). The second-order valence-electron chi connectivity index (χ2n) is 7.35. The van der Waals surface area contributed by atoms with E-state index in [0.717, 1.165) is 6.42 Å². The number of nitrogens with zero attached hydrogens (tertiary/aromatic N) is 1. The predicted molar refractivity (Wildman–Crippen MR) is 122 cm³/mol. The third-order valence-electron chi connectivity index (χ3n) is 5.21. The van der Waals surface area contributed by atoms with Crippen molar-refractivity contribution < 1.29 is 14.4 Å². The molecular formula is C24H23N3O3S. The van der Waals surface area contributed by atoms with E-state index in [2.05, 4.69) is 22.1 Å². The smallest absolute Gasteiger partial charge is 0.255 e.